The topological polar surface area (TPSA) is 100 Å². The maximum Gasteiger partial charge on any atom is 0.353 e. The molecular weight excluding hydrogens is 517 g/mol. The van der Waals surface area contributed by atoms with Crippen LogP contribution < -0.4 is 10.3 Å². The quantitative estimate of drug-likeness (QED) is 0.217. The molecule has 4 aromatic rings. The highest BCUT2D eigenvalue weighted by Gasteiger charge is 2.32. The molecule has 0 bridgehead atoms. The number of halogens is 4. The second kappa shape index (κ2) is 9.44. The van der Waals surface area contributed by atoms with Gasteiger partial charge in [0, 0.05) is 10.9 Å². The Morgan fingerprint density at radius 1 is 1.17 bits per heavy atom. The Morgan fingerprint density at radius 3 is 2.47 bits per heavy atom. The third-order valence-electron chi connectivity index (χ3n) is 5.70. The molecule has 0 amide bonds. The second-order valence-electron chi connectivity index (χ2n) is 8.17. The molecule has 186 valence electrons. The number of methoxy groups -OCH3 is 1. The first-order valence-corrected chi connectivity index (χ1v) is 11.3. The lowest BCUT2D eigenvalue weighted by atomic mass is 9.99. The Morgan fingerprint density at radius 2 is 1.86 bits per heavy atom. The molecule has 0 radical (unpaired) electrons. The van der Waals surface area contributed by atoms with Gasteiger partial charge in [0.1, 0.15) is 22.9 Å². The van der Waals surface area contributed by atoms with E-state index in [0.29, 0.717) is 5.69 Å². The van der Waals surface area contributed by atoms with Crippen molar-refractivity contribution in [2.75, 3.05) is 7.11 Å². The number of hydrogen-bond donors (Lipinski definition) is 0. The summed E-state index contributed by atoms with van der Waals surface area (Å²) in [5.74, 6) is -2.26. The molecule has 12 heteroatoms. The number of ether oxygens (including phenoxy) is 1. The van der Waals surface area contributed by atoms with Gasteiger partial charge in [-0.25, -0.2) is 18.7 Å². The molecular formula is C24H18Cl2F2N4O4. The summed E-state index contributed by atoms with van der Waals surface area (Å²) >= 11 is 12.7. The fraction of sp³-hybridized carbons (Fsp3) is 0.208. The van der Waals surface area contributed by atoms with Gasteiger partial charge < -0.3 is 4.74 Å². The summed E-state index contributed by atoms with van der Waals surface area (Å²) in [6, 6.07) is 5.04. The first kappa shape index (κ1) is 25.5. The Balaban J connectivity index is 2.33. The molecule has 4 rings (SSSR count). The van der Waals surface area contributed by atoms with Gasteiger partial charge in [0.15, 0.2) is 5.82 Å². The van der Waals surface area contributed by atoms with Crippen LogP contribution in [0.3, 0.4) is 0 Å². The third kappa shape index (κ3) is 3.86. The molecule has 0 fully saturated rings. The minimum atomic E-state index is -1.20. The van der Waals surface area contributed by atoms with E-state index in [4.69, 9.17) is 27.9 Å². The van der Waals surface area contributed by atoms with E-state index in [-0.39, 0.29) is 39.0 Å². The Hall–Kier alpha value is -3.63. The lowest BCUT2D eigenvalue weighted by molar-refractivity contribution is -0.386. The maximum atomic E-state index is 16.5. The summed E-state index contributed by atoms with van der Waals surface area (Å²) in [6.45, 7) is 5.12. The summed E-state index contributed by atoms with van der Waals surface area (Å²) in [4.78, 5) is 32.8. The monoisotopic (exact) mass is 534 g/mol. The molecule has 2 heterocycles. The Bertz CT molecular complexity index is 1620. The van der Waals surface area contributed by atoms with E-state index in [1.54, 1.807) is 20.8 Å². The highest BCUT2D eigenvalue weighted by atomic mass is 35.5. The number of nitrogens with zero attached hydrogens (tertiary/aromatic N) is 4. The van der Waals surface area contributed by atoms with Crippen LogP contribution in [0.15, 0.2) is 35.4 Å². The number of rotatable bonds is 5. The lowest BCUT2D eigenvalue weighted by Crippen LogP contribution is -2.26. The fourth-order valence-corrected chi connectivity index (χ4v) is 4.71. The van der Waals surface area contributed by atoms with Crippen molar-refractivity contribution in [3.63, 3.8) is 0 Å². The van der Waals surface area contributed by atoms with E-state index in [1.807, 2.05) is 0 Å². The third-order valence-corrected chi connectivity index (χ3v) is 6.38. The molecule has 0 aliphatic carbocycles. The van der Waals surface area contributed by atoms with Crippen LogP contribution in [0.25, 0.3) is 27.7 Å². The van der Waals surface area contributed by atoms with Crippen LogP contribution in [-0.2, 0) is 0 Å². The summed E-state index contributed by atoms with van der Waals surface area (Å²) in [5.41, 5.74) is -2.68. The van der Waals surface area contributed by atoms with Crippen LogP contribution in [0.2, 0.25) is 10.0 Å². The first-order chi connectivity index (χ1) is 17.0. The van der Waals surface area contributed by atoms with Gasteiger partial charge in [-0.2, -0.15) is 0 Å². The van der Waals surface area contributed by atoms with Crippen LogP contribution in [0.1, 0.15) is 31.2 Å². The van der Waals surface area contributed by atoms with Gasteiger partial charge in [0.05, 0.1) is 45.2 Å². The van der Waals surface area contributed by atoms with Crippen molar-refractivity contribution in [1.82, 2.24) is 14.5 Å². The smallest absolute Gasteiger partial charge is 0.353 e. The van der Waals surface area contributed by atoms with E-state index in [2.05, 4.69) is 9.97 Å². The predicted molar refractivity (Wildman–Crippen MR) is 133 cm³/mol. The van der Waals surface area contributed by atoms with E-state index in [9.17, 15) is 19.3 Å². The van der Waals surface area contributed by atoms with Crippen molar-refractivity contribution >= 4 is 39.8 Å². The maximum absolute atomic E-state index is 16.5. The minimum Gasteiger partial charge on any atom is -0.496 e. The van der Waals surface area contributed by atoms with E-state index < -0.39 is 43.9 Å². The van der Waals surface area contributed by atoms with Gasteiger partial charge >= 0.3 is 11.2 Å². The molecule has 0 saturated heterocycles. The predicted octanol–water partition coefficient (Wildman–Crippen LogP) is 6.38. The highest BCUT2D eigenvalue weighted by molar-refractivity contribution is 6.39. The number of benzene rings is 2. The average molecular weight is 535 g/mol. The lowest BCUT2D eigenvalue weighted by Gasteiger charge is -2.20. The van der Waals surface area contributed by atoms with Crippen LogP contribution >= 0.6 is 23.2 Å². The van der Waals surface area contributed by atoms with Gasteiger partial charge in [-0.3, -0.25) is 19.5 Å². The van der Waals surface area contributed by atoms with Crippen LogP contribution in [0.5, 0.6) is 5.75 Å². The Kier molecular flexibility index (Phi) is 6.68. The minimum absolute atomic E-state index is 0.0147. The van der Waals surface area contributed by atoms with Gasteiger partial charge in [0.2, 0.25) is 0 Å². The summed E-state index contributed by atoms with van der Waals surface area (Å²) in [5, 5.41) is 10.7. The molecule has 0 aliphatic heterocycles. The molecule has 0 saturated carbocycles. The van der Waals surface area contributed by atoms with Crippen molar-refractivity contribution in [3.05, 3.63) is 84.1 Å². The fourth-order valence-electron chi connectivity index (χ4n) is 4.13. The van der Waals surface area contributed by atoms with Gasteiger partial charge in [-0.05, 0) is 31.0 Å². The molecule has 0 N–H and O–H groups in total. The van der Waals surface area contributed by atoms with Crippen molar-refractivity contribution < 1.29 is 18.4 Å². The summed E-state index contributed by atoms with van der Waals surface area (Å²) in [6.07, 6.45) is 1.27. The van der Waals surface area contributed by atoms with E-state index in [0.717, 1.165) is 16.7 Å². The molecule has 0 atom stereocenters. The molecule has 36 heavy (non-hydrogen) atoms. The highest BCUT2D eigenvalue weighted by Crippen LogP contribution is 2.44. The van der Waals surface area contributed by atoms with Crippen LogP contribution in [0, 0.1) is 28.7 Å². The standard InChI is InChI=1S/C24H18Cl2F2N4O4/c1-10(2)20-21(11(3)29-9-30-20)31-22-12(18(26)23(24(31)33)32(34)35)8-13(25)16(19(22)28)17-14(27)6-5-7-15(17)36-4/h5-10H,1-4H3. The van der Waals surface area contributed by atoms with Gasteiger partial charge in [-0.1, -0.05) is 43.1 Å². The zero-order valence-electron chi connectivity index (χ0n) is 19.4. The zero-order chi connectivity index (χ0) is 26.5. The van der Waals surface area contributed by atoms with E-state index >= 15 is 4.39 Å². The van der Waals surface area contributed by atoms with Crippen molar-refractivity contribution in [1.29, 1.82) is 0 Å². The largest absolute Gasteiger partial charge is 0.496 e. The first-order valence-electron chi connectivity index (χ1n) is 10.6. The molecule has 0 aliphatic rings. The average Bonchev–Trinajstić information content (AvgIpc) is 2.81. The van der Waals surface area contributed by atoms with Gasteiger partial charge in [0.25, 0.3) is 0 Å². The number of nitro groups is 1. The SMILES string of the molecule is COc1cccc(F)c1-c1c(Cl)cc2c(Cl)c([N+](=O)[O-])c(=O)n(-c3c(C)ncnc3C(C)C)c2c1F. The van der Waals surface area contributed by atoms with Crippen molar-refractivity contribution in [2.45, 2.75) is 26.7 Å². The Labute approximate surface area is 213 Å². The zero-order valence-corrected chi connectivity index (χ0v) is 20.9. The number of aryl methyl sites for hydroxylation is 1. The van der Waals surface area contributed by atoms with Crippen LogP contribution in [0.4, 0.5) is 14.5 Å². The normalized spacial score (nSPS) is 11.4. The van der Waals surface area contributed by atoms with Gasteiger partial charge in [-0.15, -0.1) is 0 Å². The second-order valence-corrected chi connectivity index (χ2v) is 8.95. The van der Waals surface area contributed by atoms with E-state index in [1.165, 1.54) is 25.6 Å². The van der Waals surface area contributed by atoms with Crippen molar-refractivity contribution in [2.24, 2.45) is 0 Å². The van der Waals surface area contributed by atoms with Crippen LogP contribution in [-0.4, -0.2) is 26.6 Å². The molecule has 0 spiro atoms. The number of hydrogen-bond acceptors (Lipinski definition) is 6. The number of aromatic nitrogens is 3. The molecule has 2 aromatic heterocycles. The van der Waals surface area contributed by atoms with Crippen molar-refractivity contribution in [3.8, 4) is 22.6 Å². The molecule has 8 nitrogen and oxygen atoms in total. The number of fused-ring (bicyclic) bond motifs is 1. The molecule has 0 unspecified atom stereocenters. The summed E-state index contributed by atoms with van der Waals surface area (Å²) < 4.78 is 37.5. The number of pyridine rings is 1. The summed E-state index contributed by atoms with van der Waals surface area (Å²) in [7, 11) is 1.28. The molecule has 2 aromatic carbocycles.